The molecule has 0 aromatic rings. The topological polar surface area (TPSA) is 55.6 Å². The van der Waals surface area contributed by atoms with E-state index >= 15 is 0 Å². The molecule has 1 unspecified atom stereocenters. The fourth-order valence-corrected chi connectivity index (χ4v) is 1.56. The molecule has 0 aromatic carbocycles. The van der Waals surface area contributed by atoms with E-state index in [2.05, 4.69) is 15.9 Å². The molecular formula is C5H9BrN2O3. The van der Waals surface area contributed by atoms with Crippen LogP contribution in [0.2, 0.25) is 0 Å². The summed E-state index contributed by atoms with van der Waals surface area (Å²) in [5, 5.41) is 10.5. The van der Waals surface area contributed by atoms with Crippen LogP contribution in [0.3, 0.4) is 0 Å². The molecule has 0 spiro atoms. The van der Waals surface area contributed by atoms with Crippen molar-refractivity contribution in [3.8, 4) is 0 Å². The number of nitrogens with zero attached hydrogens (tertiary/aromatic N) is 2. The van der Waals surface area contributed by atoms with Gasteiger partial charge in [-0.2, -0.15) is 0 Å². The predicted octanol–water partition coefficient (Wildman–Crippen LogP) is 0.274. The summed E-state index contributed by atoms with van der Waals surface area (Å²) in [7, 11) is 1.78. The zero-order valence-electron chi connectivity index (χ0n) is 6.12. The Hall–Kier alpha value is -0.200. The summed E-state index contributed by atoms with van der Waals surface area (Å²) in [4.78, 5) is 11.9. The first kappa shape index (κ1) is 8.89. The molecule has 1 rings (SSSR count). The smallest absolute Gasteiger partial charge is 0.309 e. The lowest BCUT2D eigenvalue weighted by Gasteiger charge is -2.30. The normalized spacial score (nSPS) is 33.6. The number of nitro groups is 1. The van der Waals surface area contributed by atoms with Crippen molar-refractivity contribution in [2.45, 2.75) is 4.45 Å². The van der Waals surface area contributed by atoms with E-state index in [4.69, 9.17) is 4.74 Å². The molecule has 5 nitrogen and oxygen atoms in total. The Balaban J connectivity index is 2.63. The minimum absolute atomic E-state index is 0.129. The highest BCUT2D eigenvalue weighted by atomic mass is 79.9. The van der Waals surface area contributed by atoms with E-state index in [9.17, 15) is 10.1 Å². The SMILES string of the molecule is CN1COCC(Br)([N+](=O)[O-])C1. The molecule has 64 valence electrons. The van der Waals surface area contributed by atoms with E-state index in [-0.39, 0.29) is 11.5 Å². The second kappa shape index (κ2) is 3.04. The van der Waals surface area contributed by atoms with E-state index in [0.29, 0.717) is 13.3 Å². The standard InChI is InChI=1S/C5H9BrN2O3/c1-7-2-5(6,8(9)10)3-11-4-7/h2-4H2,1H3. The molecule has 1 saturated heterocycles. The van der Waals surface area contributed by atoms with Gasteiger partial charge in [0, 0.05) is 20.9 Å². The number of halogens is 1. The van der Waals surface area contributed by atoms with Gasteiger partial charge in [0.05, 0.1) is 13.3 Å². The van der Waals surface area contributed by atoms with Crippen LogP contribution in [0.25, 0.3) is 0 Å². The number of likely N-dealkylation sites (N-methyl/N-ethyl adjacent to an activating group) is 1. The lowest BCUT2D eigenvalue weighted by atomic mass is 10.3. The average Bonchev–Trinajstić information content (AvgIpc) is 1.86. The van der Waals surface area contributed by atoms with Gasteiger partial charge in [-0.3, -0.25) is 15.0 Å². The van der Waals surface area contributed by atoms with Crippen LogP contribution in [0.15, 0.2) is 0 Å². The monoisotopic (exact) mass is 224 g/mol. The van der Waals surface area contributed by atoms with Crippen LogP contribution in [0, 0.1) is 10.1 Å². The van der Waals surface area contributed by atoms with E-state index in [1.165, 1.54) is 0 Å². The zero-order valence-corrected chi connectivity index (χ0v) is 7.70. The maximum Gasteiger partial charge on any atom is 0.309 e. The third kappa shape index (κ3) is 1.88. The van der Waals surface area contributed by atoms with Gasteiger partial charge in [-0.15, -0.1) is 0 Å². The van der Waals surface area contributed by atoms with Crippen LogP contribution in [0.4, 0.5) is 0 Å². The van der Waals surface area contributed by atoms with E-state index in [1.807, 2.05) is 0 Å². The van der Waals surface area contributed by atoms with Crippen LogP contribution in [-0.4, -0.2) is 41.2 Å². The van der Waals surface area contributed by atoms with Crippen molar-refractivity contribution in [2.75, 3.05) is 26.9 Å². The Labute approximate surface area is 72.6 Å². The molecule has 1 aliphatic rings. The highest BCUT2D eigenvalue weighted by molar-refractivity contribution is 9.10. The summed E-state index contributed by atoms with van der Waals surface area (Å²) in [6, 6.07) is 0. The lowest BCUT2D eigenvalue weighted by molar-refractivity contribution is -0.545. The van der Waals surface area contributed by atoms with Gasteiger partial charge in [0.1, 0.15) is 6.61 Å². The van der Waals surface area contributed by atoms with Crippen molar-refractivity contribution in [1.82, 2.24) is 4.90 Å². The molecule has 0 N–H and O–H groups in total. The maximum absolute atomic E-state index is 10.5. The molecule has 0 radical (unpaired) electrons. The average molecular weight is 225 g/mol. The van der Waals surface area contributed by atoms with Crippen molar-refractivity contribution >= 4 is 15.9 Å². The summed E-state index contributed by atoms with van der Waals surface area (Å²) < 4.78 is 3.88. The molecule has 1 fully saturated rings. The molecule has 0 amide bonds. The molecule has 0 saturated carbocycles. The summed E-state index contributed by atoms with van der Waals surface area (Å²) >= 11 is 3.03. The number of hydrogen-bond donors (Lipinski definition) is 0. The van der Waals surface area contributed by atoms with Crippen molar-refractivity contribution in [3.63, 3.8) is 0 Å². The molecule has 6 heteroatoms. The minimum Gasteiger partial charge on any atom is -0.358 e. The fraction of sp³-hybridized carbons (Fsp3) is 1.00. The van der Waals surface area contributed by atoms with Gasteiger partial charge in [0.25, 0.3) is 0 Å². The third-order valence-corrected chi connectivity index (χ3v) is 2.24. The second-order valence-corrected chi connectivity index (χ2v) is 4.14. The highest BCUT2D eigenvalue weighted by Gasteiger charge is 2.44. The maximum atomic E-state index is 10.5. The van der Waals surface area contributed by atoms with Gasteiger partial charge < -0.3 is 4.74 Å². The van der Waals surface area contributed by atoms with Crippen molar-refractivity contribution in [1.29, 1.82) is 0 Å². The Morgan fingerprint density at radius 1 is 1.82 bits per heavy atom. The van der Waals surface area contributed by atoms with Crippen molar-refractivity contribution < 1.29 is 9.66 Å². The molecule has 0 bridgehead atoms. The summed E-state index contributed by atoms with van der Waals surface area (Å²) in [5.74, 6) is 0. The number of ether oxygens (including phenoxy) is 1. The molecular weight excluding hydrogens is 216 g/mol. The first-order valence-electron chi connectivity index (χ1n) is 3.14. The molecule has 1 aliphatic heterocycles. The molecule has 11 heavy (non-hydrogen) atoms. The summed E-state index contributed by atoms with van der Waals surface area (Å²) in [6.07, 6.45) is 0. The Bertz CT molecular complexity index is 177. The predicted molar refractivity (Wildman–Crippen MR) is 42.1 cm³/mol. The van der Waals surface area contributed by atoms with Gasteiger partial charge >= 0.3 is 4.45 Å². The fourth-order valence-electron chi connectivity index (χ4n) is 0.973. The van der Waals surface area contributed by atoms with Gasteiger partial charge in [0.15, 0.2) is 0 Å². The first-order valence-corrected chi connectivity index (χ1v) is 3.93. The van der Waals surface area contributed by atoms with Gasteiger partial charge in [-0.25, -0.2) is 0 Å². The number of alkyl halides is 1. The second-order valence-electron chi connectivity index (χ2n) is 2.67. The zero-order chi connectivity index (χ0) is 8.48. The van der Waals surface area contributed by atoms with E-state index in [0.717, 1.165) is 0 Å². The minimum atomic E-state index is -1.11. The first-order chi connectivity index (χ1) is 5.04. The lowest BCUT2D eigenvalue weighted by Crippen LogP contribution is -2.51. The summed E-state index contributed by atoms with van der Waals surface area (Å²) in [5.41, 5.74) is 0. The van der Waals surface area contributed by atoms with Crippen LogP contribution < -0.4 is 0 Å². The Kier molecular flexibility index (Phi) is 2.46. The Morgan fingerprint density at radius 2 is 2.45 bits per heavy atom. The van der Waals surface area contributed by atoms with Gasteiger partial charge in [-0.05, 0) is 7.05 Å². The molecule has 0 aromatic heterocycles. The molecule has 1 heterocycles. The quantitative estimate of drug-likeness (QED) is 0.278. The van der Waals surface area contributed by atoms with Gasteiger partial charge in [0.2, 0.25) is 0 Å². The Morgan fingerprint density at radius 3 is 2.82 bits per heavy atom. The van der Waals surface area contributed by atoms with Crippen LogP contribution in [-0.2, 0) is 4.74 Å². The van der Waals surface area contributed by atoms with E-state index in [1.54, 1.807) is 11.9 Å². The largest absolute Gasteiger partial charge is 0.358 e. The number of rotatable bonds is 1. The van der Waals surface area contributed by atoms with Crippen LogP contribution >= 0.6 is 15.9 Å². The molecule has 1 atom stereocenters. The van der Waals surface area contributed by atoms with Crippen LogP contribution in [0.1, 0.15) is 0 Å². The van der Waals surface area contributed by atoms with Crippen molar-refractivity contribution in [3.05, 3.63) is 10.1 Å². The van der Waals surface area contributed by atoms with Crippen LogP contribution in [0.5, 0.6) is 0 Å². The van der Waals surface area contributed by atoms with Gasteiger partial charge in [-0.1, -0.05) is 0 Å². The summed E-state index contributed by atoms with van der Waals surface area (Å²) in [6.45, 7) is 0.964. The van der Waals surface area contributed by atoms with Crippen molar-refractivity contribution in [2.24, 2.45) is 0 Å². The number of hydrogen-bond acceptors (Lipinski definition) is 4. The van der Waals surface area contributed by atoms with E-state index < -0.39 is 4.45 Å². The highest BCUT2D eigenvalue weighted by Crippen LogP contribution is 2.23. The third-order valence-electron chi connectivity index (χ3n) is 1.47. The molecule has 0 aliphatic carbocycles.